The van der Waals surface area contributed by atoms with Crippen molar-refractivity contribution in [1.82, 2.24) is 4.90 Å². The third-order valence-electron chi connectivity index (χ3n) is 4.95. The second-order valence-corrected chi connectivity index (χ2v) is 6.48. The molecule has 22 heavy (non-hydrogen) atoms. The van der Waals surface area contributed by atoms with Gasteiger partial charge in [0, 0.05) is 12.6 Å². The molecule has 1 aliphatic heterocycles. The zero-order chi connectivity index (χ0) is 15.7. The van der Waals surface area contributed by atoms with Crippen LogP contribution in [0.3, 0.4) is 0 Å². The quantitative estimate of drug-likeness (QED) is 0.897. The molecule has 0 saturated carbocycles. The van der Waals surface area contributed by atoms with Gasteiger partial charge < -0.3 is 10.8 Å². The van der Waals surface area contributed by atoms with E-state index in [2.05, 4.69) is 24.8 Å². The summed E-state index contributed by atoms with van der Waals surface area (Å²) in [5.41, 5.74) is 10.9. The Morgan fingerprint density at radius 2 is 2.18 bits per heavy atom. The maximum absolute atomic E-state index is 11.3. The highest BCUT2D eigenvalue weighted by Crippen LogP contribution is 2.30. The molecule has 118 valence electrons. The number of hydrogen-bond acceptors (Lipinski definition) is 3. The number of carboxylic acid groups (broad SMARTS) is 1. The van der Waals surface area contributed by atoms with Gasteiger partial charge in [0.05, 0.1) is 0 Å². The molecule has 3 rings (SSSR count). The molecule has 1 heterocycles. The number of aliphatic carboxylic acids is 1. The van der Waals surface area contributed by atoms with Gasteiger partial charge in [0.25, 0.3) is 0 Å². The zero-order valence-corrected chi connectivity index (χ0v) is 12.9. The van der Waals surface area contributed by atoms with E-state index in [1.54, 1.807) is 0 Å². The monoisotopic (exact) mass is 300 g/mol. The Kier molecular flexibility index (Phi) is 4.32. The summed E-state index contributed by atoms with van der Waals surface area (Å²) in [7, 11) is 0. The van der Waals surface area contributed by atoms with E-state index in [1.807, 2.05) is 4.90 Å². The molecule has 0 amide bonds. The van der Waals surface area contributed by atoms with Crippen LogP contribution in [-0.4, -0.2) is 35.1 Å². The predicted molar refractivity (Wildman–Crippen MR) is 87.6 cm³/mol. The number of likely N-dealkylation sites (tertiary alicyclic amines) is 1. The van der Waals surface area contributed by atoms with E-state index in [4.69, 9.17) is 5.73 Å². The number of hydrogen-bond donors (Lipinski definition) is 2. The van der Waals surface area contributed by atoms with Crippen molar-refractivity contribution in [1.29, 1.82) is 0 Å². The van der Waals surface area contributed by atoms with Crippen molar-refractivity contribution in [2.75, 3.05) is 13.1 Å². The molecule has 4 nitrogen and oxygen atoms in total. The lowest BCUT2D eigenvalue weighted by Gasteiger charge is -2.25. The highest BCUT2D eigenvalue weighted by Gasteiger charge is 2.30. The average molecular weight is 300 g/mol. The van der Waals surface area contributed by atoms with Crippen molar-refractivity contribution in [3.05, 3.63) is 41.5 Å². The lowest BCUT2D eigenvalue weighted by molar-refractivity contribution is -0.141. The van der Waals surface area contributed by atoms with Gasteiger partial charge in [0.2, 0.25) is 0 Å². The molecule has 1 aliphatic carbocycles. The van der Waals surface area contributed by atoms with E-state index in [0.717, 1.165) is 49.8 Å². The van der Waals surface area contributed by atoms with Crippen LogP contribution < -0.4 is 5.73 Å². The summed E-state index contributed by atoms with van der Waals surface area (Å²) in [5.74, 6) is -0.721. The molecule has 0 bridgehead atoms. The van der Waals surface area contributed by atoms with Gasteiger partial charge in [-0.05, 0) is 60.9 Å². The van der Waals surface area contributed by atoms with Crippen molar-refractivity contribution >= 4 is 11.5 Å². The Bertz CT molecular complexity index is 597. The van der Waals surface area contributed by atoms with Gasteiger partial charge in [-0.2, -0.15) is 0 Å². The van der Waals surface area contributed by atoms with Gasteiger partial charge in [0.1, 0.15) is 6.04 Å². The summed E-state index contributed by atoms with van der Waals surface area (Å²) in [6, 6.07) is 6.20. The summed E-state index contributed by atoms with van der Waals surface area (Å²) in [5, 5.41) is 9.27. The first kappa shape index (κ1) is 15.3. The van der Waals surface area contributed by atoms with Crippen LogP contribution in [0, 0.1) is 0 Å². The van der Waals surface area contributed by atoms with Crippen molar-refractivity contribution < 1.29 is 9.90 Å². The summed E-state index contributed by atoms with van der Waals surface area (Å²) in [6.07, 6.45) is 4.95. The summed E-state index contributed by atoms with van der Waals surface area (Å²) in [4.78, 5) is 13.3. The fraction of sp³-hybridized carbons (Fsp3) is 0.500. The molecule has 3 N–H and O–H groups in total. The molecule has 1 saturated heterocycles. The van der Waals surface area contributed by atoms with Gasteiger partial charge >= 0.3 is 5.97 Å². The molecular formula is C18H24N2O2. The van der Waals surface area contributed by atoms with Crippen molar-refractivity contribution in [3.63, 3.8) is 0 Å². The van der Waals surface area contributed by atoms with E-state index >= 15 is 0 Å². The fourth-order valence-corrected chi connectivity index (χ4v) is 3.70. The number of aryl methyl sites for hydroxylation is 1. The SMILES string of the molecule is C=C(CN1CCCC1C(=O)O)c1ccc2c(c1)CCCC2N. The van der Waals surface area contributed by atoms with Crippen molar-refractivity contribution in [3.8, 4) is 0 Å². The summed E-state index contributed by atoms with van der Waals surface area (Å²) in [6.45, 7) is 5.65. The summed E-state index contributed by atoms with van der Waals surface area (Å²) >= 11 is 0. The smallest absolute Gasteiger partial charge is 0.320 e. The van der Waals surface area contributed by atoms with E-state index in [1.165, 1.54) is 11.1 Å². The second-order valence-electron chi connectivity index (χ2n) is 6.48. The molecule has 0 spiro atoms. The Morgan fingerprint density at radius 1 is 1.36 bits per heavy atom. The van der Waals surface area contributed by atoms with Crippen LogP contribution in [0.1, 0.15) is 48.4 Å². The predicted octanol–water partition coefficient (Wildman–Crippen LogP) is 2.58. The maximum atomic E-state index is 11.3. The van der Waals surface area contributed by atoms with Crippen LogP contribution in [0.2, 0.25) is 0 Å². The minimum absolute atomic E-state index is 0.154. The normalized spacial score (nSPS) is 25.0. The maximum Gasteiger partial charge on any atom is 0.320 e. The number of nitrogens with zero attached hydrogens (tertiary/aromatic N) is 1. The number of nitrogens with two attached hydrogens (primary N) is 1. The lowest BCUT2D eigenvalue weighted by Crippen LogP contribution is -2.36. The Balaban J connectivity index is 1.74. The second kappa shape index (κ2) is 6.23. The van der Waals surface area contributed by atoms with Crippen LogP contribution in [-0.2, 0) is 11.2 Å². The summed E-state index contributed by atoms with van der Waals surface area (Å²) < 4.78 is 0. The fourth-order valence-electron chi connectivity index (χ4n) is 3.70. The van der Waals surface area contributed by atoms with Gasteiger partial charge in [-0.1, -0.05) is 24.8 Å². The minimum Gasteiger partial charge on any atom is -0.480 e. The molecule has 0 aromatic heterocycles. The van der Waals surface area contributed by atoms with E-state index in [9.17, 15) is 9.90 Å². The molecule has 4 heteroatoms. The lowest BCUT2D eigenvalue weighted by atomic mass is 9.86. The number of carboxylic acids is 1. The molecule has 0 radical (unpaired) electrons. The number of benzene rings is 1. The zero-order valence-electron chi connectivity index (χ0n) is 12.9. The molecule has 2 unspecified atom stereocenters. The highest BCUT2D eigenvalue weighted by molar-refractivity contribution is 5.74. The Hall–Kier alpha value is -1.65. The molecule has 1 aromatic rings. The van der Waals surface area contributed by atoms with Crippen LogP contribution >= 0.6 is 0 Å². The number of fused-ring (bicyclic) bond motifs is 1. The van der Waals surface area contributed by atoms with Crippen LogP contribution in [0.4, 0.5) is 0 Å². The topological polar surface area (TPSA) is 66.6 Å². The van der Waals surface area contributed by atoms with Crippen LogP contribution in [0.5, 0.6) is 0 Å². The van der Waals surface area contributed by atoms with Crippen LogP contribution in [0.15, 0.2) is 24.8 Å². The van der Waals surface area contributed by atoms with Gasteiger partial charge in [-0.3, -0.25) is 9.69 Å². The minimum atomic E-state index is -0.721. The Labute approximate surface area is 131 Å². The van der Waals surface area contributed by atoms with E-state index in [0.29, 0.717) is 6.54 Å². The van der Waals surface area contributed by atoms with Gasteiger partial charge in [0.15, 0.2) is 0 Å². The standard InChI is InChI=1S/C18H24N2O2/c1-12(11-20-9-3-6-17(20)18(21)22)13-7-8-15-14(10-13)4-2-5-16(15)19/h7-8,10,16-17H,1-6,9,11,19H2,(H,21,22). The largest absolute Gasteiger partial charge is 0.480 e. The third-order valence-corrected chi connectivity index (χ3v) is 4.95. The third kappa shape index (κ3) is 2.94. The highest BCUT2D eigenvalue weighted by atomic mass is 16.4. The first-order chi connectivity index (χ1) is 10.6. The average Bonchev–Trinajstić information content (AvgIpc) is 2.95. The molecule has 2 atom stereocenters. The van der Waals surface area contributed by atoms with E-state index < -0.39 is 5.97 Å². The number of rotatable bonds is 4. The van der Waals surface area contributed by atoms with Crippen LogP contribution in [0.25, 0.3) is 5.57 Å². The molecule has 2 aliphatic rings. The molecule has 1 aromatic carbocycles. The molecule has 1 fully saturated rings. The van der Waals surface area contributed by atoms with Crippen molar-refractivity contribution in [2.45, 2.75) is 44.2 Å². The van der Waals surface area contributed by atoms with Crippen molar-refractivity contribution in [2.24, 2.45) is 5.73 Å². The first-order valence-electron chi connectivity index (χ1n) is 8.09. The van der Waals surface area contributed by atoms with Gasteiger partial charge in [-0.25, -0.2) is 0 Å². The first-order valence-corrected chi connectivity index (χ1v) is 8.09. The molecular weight excluding hydrogens is 276 g/mol. The Morgan fingerprint density at radius 3 is 2.95 bits per heavy atom. The number of carbonyl (C=O) groups is 1. The van der Waals surface area contributed by atoms with E-state index in [-0.39, 0.29) is 12.1 Å². The van der Waals surface area contributed by atoms with Gasteiger partial charge in [-0.15, -0.1) is 0 Å².